The highest BCUT2D eigenvalue weighted by atomic mass is 19.2. The van der Waals surface area contributed by atoms with Crippen molar-refractivity contribution < 1.29 is 13.2 Å². The number of nitrogens with one attached hydrogen (secondary N) is 3. The zero-order valence-corrected chi connectivity index (χ0v) is 19.4. The van der Waals surface area contributed by atoms with E-state index in [0.29, 0.717) is 15.9 Å². The van der Waals surface area contributed by atoms with Crippen LogP contribution in [-0.4, -0.2) is 29.3 Å². The number of halogens is 3. The van der Waals surface area contributed by atoms with E-state index < -0.39 is 47.5 Å². The summed E-state index contributed by atoms with van der Waals surface area (Å²) in [4.78, 5) is 44.8. The molecule has 0 amide bonds. The van der Waals surface area contributed by atoms with Gasteiger partial charge in [-0.1, -0.05) is 18.2 Å². The topological polar surface area (TPSA) is 130 Å². The SMILES string of the molecule is O=c1[nH]cccc1Cn1c(=O)nc(Nc2ccc(-c3cc[nH]n3)cc2)n(Cc2cc(F)c(F)c(F)c2)c1=O. The van der Waals surface area contributed by atoms with E-state index in [-0.39, 0.29) is 17.1 Å². The summed E-state index contributed by atoms with van der Waals surface area (Å²) in [6.45, 7) is -0.856. The molecule has 2 aromatic carbocycles. The Balaban J connectivity index is 1.57. The molecule has 3 aromatic heterocycles. The monoisotopic (exact) mass is 521 g/mol. The van der Waals surface area contributed by atoms with Crippen molar-refractivity contribution in [3.63, 3.8) is 0 Å². The van der Waals surface area contributed by atoms with Gasteiger partial charge in [-0.2, -0.15) is 10.1 Å². The van der Waals surface area contributed by atoms with Crippen LogP contribution in [0.4, 0.5) is 24.8 Å². The molecule has 0 saturated carbocycles. The van der Waals surface area contributed by atoms with Gasteiger partial charge < -0.3 is 10.3 Å². The number of anilines is 2. The average Bonchev–Trinajstić information content (AvgIpc) is 3.44. The number of aromatic nitrogens is 6. The normalized spacial score (nSPS) is 11.0. The largest absolute Gasteiger partial charge is 0.355 e. The Labute approximate surface area is 211 Å². The van der Waals surface area contributed by atoms with Gasteiger partial charge in [-0.25, -0.2) is 27.3 Å². The minimum Gasteiger partial charge on any atom is -0.329 e. The molecule has 13 heteroatoms. The molecule has 0 aliphatic carbocycles. The minimum absolute atomic E-state index is 0.0926. The third kappa shape index (κ3) is 4.89. The molecule has 0 radical (unpaired) electrons. The van der Waals surface area contributed by atoms with E-state index in [1.807, 2.05) is 0 Å². The number of hydrogen-bond acceptors (Lipinski definition) is 6. The fraction of sp³-hybridized carbons (Fsp3) is 0.0800. The molecule has 0 aliphatic rings. The van der Waals surface area contributed by atoms with E-state index in [1.54, 1.807) is 36.5 Å². The molecule has 5 rings (SSSR count). The lowest BCUT2D eigenvalue weighted by Crippen LogP contribution is -2.43. The van der Waals surface area contributed by atoms with Crippen molar-refractivity contribution >= 4 is 11.6 Å². The molecule has 10 nitrogen and oxygen atoms in total. The summed E-state index contributed by atoms with van der Waals surface area (Å²) < 4.78 is 43.0. The van der Waals surface area contributed by atoms with Crippen LogP contribution in [-0.2, 0) is 13.1 Å². The molecule has 0 atom stereocenters. The van der Waals surface area contributed by atoms with E-state index in [1.165, 1.54) is 18.3 Å². The van der Waals surface area contributed by atoms with Gasteiger partial charge in [-0.05, 0) is 42.0 Å². The Hall–Kier alpha value is -5.20. The highest BCUT2D eigenvalue weighted by molar-refractivity contribution is 5.64. The molecule has 3 heterocycles. The number of H-pyrrole nitrogens is 2. The molecule has 0 aliphatic heterocycles. The maximum Gasteiger partial charge on any atom is 0.355 e. The molecule has 0 unspecified atom stereocenters. The molecule has 0 spiro atoms. The third-order valence-corrected chi connectivity index (χ3v) is 5.70. The summed E-state index contributed by atoms with van der Waals surface area (Å²) in [5.74, 6) is -4.75. The van der Waals surface area contributed by atoms with E-state index >= 15 is 0 Å². The summed E-state index contributed by atoms with van der Waals surface area (Å²) >= 11 is 0. The molecule has 0 fully saturated rings. The predicted octanol–water partition coefficient (Wildman–Crippen LogP) is 2.74. The van der Waals surface area contributed by atoms with Gasteiger partial charge in [0.25, 0.3) is 5.56 Å². The van der Waals surface area contributed by atoms with Crippen LogP contribution in [0, 0.1) is 17.5 Å². The van der Waals surface area contributed by atoms with Crippen LogP contribution in [0.5, 0.6) is 0 Å². The molecular weight excluding hydrogens is 503 g/mol. The molecular formula is C25H18F3N7O3. The van der Waals surface area contributed by atoms with Crippen LogP contribution >= 0.6 is 0 Å². The molecule has 0 bridgehead atoms. The predicted molar refractivity (Wildman–Crippen MR) is 132 cm³/mol. The summed E-state index contributed by atoms with van der Waals surface area (Å²) in [5.41, 5.74) is -0.409. The van der Waals surface area contributed by atoms with Crippen LogP contribution in [0.25, 0.3) is 11.3 Å². The van der Waals surface area contributed by atoms with E-state index in [4.69, 9.17) is 0 Å². The Morgan fingerprint density at radius 2 is 1.61 bits per heavy atom. The highest BCUT2D eigenvalue weighted by Crippen LogP contribution is 2.21. The smallest absolute Gasteiger partial charge is 0.329 e. The van der Waals surface area contributed by atoms with Crippen molar-refractivity contribution in [2.45, 2.75) is 13.1 Å². The van der Waals surface area contributed by atoms with Crippen molar-refractivity contribution in [1.82, 2.24) is 29.3 Å². The zero-order chi connectivity index (χ0) is 26.8. The Morgan fingerprint density at radius 3 is 2.26 bits per heavy atom. The molecule has 5 aromatic rings. The number of rotatable bonds is 7. The van der Waals surface area contributed by atoms with Gasteiger partial charge in [0, 0.05) is 29.2 Å². The second-order valence-corrected chi connectivity index (χ2v) is 8.23. The Bertz CT molecular complexity index is 1770. The van der Waals surface area contributed by atoms with Gasteiger partial charge in [0.15, 0.2) is 17.5 Å². The van der Waals surface area contributed by atoms with Gasteiger partial charge in [0.2, 0.25) is 5.95 Å². The molecule has 0 saturated heterocycles. The number of benzene rings is 2. The van der Waals surface area contributed by atoms with Crippen LogP contribution in [0.3, 0.4) is 0 Å². The number of nitrogens with zero attached hydrogens (tertiary/aromatic N) is 4. The summed E-state index contributed by atoms with van der Waals surface area (Å²) in [6.07, 6.45) is 3.07. The summed E-state index contributed by atoms with van der Waals surface area (Å²) in [6, 6.07) is 13.0. The van der Waals surface area contributed by atoms with Crippen molar-refractivity contribution in [3.8, 4) is 11.3 Å². The zero-order valence-electron chi connectivity index (χ0n) is 19.4. The lowest BCUT2D eigenvalue weighted by atomic mass is 10.1. The van der Waals surface area contributed by atoms with Crippen molar-refractivity contribution in [2.24, 2.45) is 0 Å². The first-order chi connectivity index (χ1) is 18.3. The van der Waals surface area contributed by atoms with Crippen LogP contribution in [0.15, 0.2) is 81.4 Å². The van der Waals surface area contributed by atoms with E-state index in [0.717, 1.165) is 22.3 Å². The van der Waals surface area contributed by atoms with Crippen LogP contribution in [0.2, 0.25) is 0 Å². The van der Waals surface area contributed by atoms with E-state index in [9.17, 15) is 27.6 Å². The molecule has 3 N–H and O–H groups in total. The Kier molecular flexibility index (Phi) is 6.47. The first-order valence-corrected chi connectivity index (χ1v) is 11.2. The molecule has 38 heavy (non-hydrogen) atoms. The average molecular weight is 521 g/mol. The van der Waals surface area contributed by atoms with Gasteiger partial charge in [-0.3, -0.25) is 14.5 Å². The fourth-order valence-electron chi connectivity index (χ4n) is 3.81. The molecule has 192 valence electrons. The summed E-state index contributed by atoms with van der Waals surface area (Å²) in [5, 5.41) is 9.68. The van der Waals surface area contributed by atoms with Crippen molar-refractivity contribution in [3.05, 3.63) is 127 Å². The second-order valence-electron chi connectivity index (χ2n) is 8.23. The lowest BCUT2D eigenvalue weighted by Gasteiger charge is -2.16. The minimum atomic E-state index is -1.65. The Morgan fingerprint density at radius 1 is 0.868 bits per heavy atom. The first-order valence-electron chi connectivity index (χ1n) is 11.2. The maximum atomic E-state index is 13.9. The van der Waals surface area contributed by atoms with Gasteiger partial charge in [0.1, 0.15) is 0 Å². The van der Waals surface area contributed by atoms with Gasteiger partial charge in [-0.15, -0.1) is 0 Å². The summed E-state index contributed by atoms with van der Waals surface area (Å²) in [7, 11) is 0. The van der Waals surface area contributed by atoms with Crippen LogP contribution in [0.1, 0.15) is 11.1 Å². The second kappa shape index (κ2) is 10.0. The third-order valence-electron chi connectivity index (χ3n) is 5.70. The number of pyridine rings is 1. The number of aromatic amines is 2. The van der Waals surface area contributed by atoms with Gasteiger partial charge >= 0.3 is 11.4 Å². The first kappa shape index (κ1) is 24.5. The van der Waals surface area contributed by atoms with Crippen molar-refractivity contribution in [1.29, 1.82) is 0 Å². The fourth-order valence-corrected chi connectivity index (χ4v) is 3.81. The van der Waals surface area contributed by atoms with Crippen molar-refractivity contribution in [2.75, 3.05) is 5.32 Å². The maximum absolute atomic E-state index is 13.9. The van der Waals surface area contributed by atoms with Gasteiger partial charge in [0.05, 0.1) is 18.8 Å². The standard InChI is InChI=1S/C25H18F3N7O3/c26-18-10-14(11-19(27)21(18)28)12-34-23(31-17-5-3-15(4-6-17)20-7-9-30-33-20)32-24(37)35(25(34)38)13-16-2-1-8-29-22(16)36/h1-11H,12-13H2,(H,29,36)(H,30,33)(H,31,32,37). The van der Waals surface area contributed by atoms with E-state index in [2.05, 4.69) is 25.5 Å². The van der Waals surface area contributed by atoms with Crippen LogP contribution < -0.4 is 22.3 Å². The lowest BCUT2D eigenvalue weighted by molar-refractivity contribution is 0.444. The highest BCUT2D eigenvalue weighted by Gasteiger charge is 2.18. The quantitative estimate of drug-likeness (QED) is 0.283. The number of hydrogen-bond donors (Lipinski definition) is 3.